The van der Waals surface area contributed by atoms with Crippen LogP contribution in [0.15, 0.2) is 0 Å². The second kappa shape index (κ2) is 1.65. The largest absolute Gasteiger partial charge is 0.506 e. The van der Waals surface area contributed by atoms with Crippen molar-refractivity contribution in [1.29, 1.82) is 0 Å². The number of carbonyl (C=O) groups is 1. The van der Waals surface area contributed by atoms with E-state index < -0.39 is 6.16 Å². The summed E-state index contributed by atoms with van der Waals surface area (Å²) in [4.78, 5) is 10.2. The average Bonchev–Trinajstić information content (AvgIpc) is 2.55. The Balaban J connectivity index is 1.94. The van der Waals surface area contributed by atoms with E-state index in [0.717, 1.165) is 25.7 Å². The predicted octanol–water partition coefficient (Wildman–Crippen LogP) is 1.62. The Bertz CT molecular complexity index is 168. The Hall–Kier alpha value is -0.730. The van der Waals surface area contributed by atoms with Crippen molar-refractivity contribution in [3.63, 3.8) is 0 Å². The summed E-state index contributed by atoms with van der Waals surface area (Å²) in [7, 11) is 0. The summed E-state index contributed by atoms with van der Waals surface area (Å²) in [6, 6.07) is 0. The minimum absolute atomic E-state index is 0.216. The van der Waals surface area contributed by atoms with Crippen molar-refractivity contribution in [3.8, 4) is 0 Å². The van der Waals surface area contributed by atoms with Crippen LogP contribution in [-0.2, 0) is 4.74 Å². The van der Waals surface area contributed by atoms with E-state index in [2.05, 4.69) is 0 Å². The second-order valence-corrected chi connectivity index (χ2v) is 3.21. The van der Waals surface area contributed by atoms with Gasteiger partial charge in [-0.1, -0.05) is 0 Å². The number of hydrogen-bond acceptors (Lipinski definition) is 2. The molecule has 2 saturated carbocycles. The van der Waals surface area contributed by atoms with Crippen molar-refractivity contribution >= 4 is 6.16 Å². The molecule has 3 nitrogen and oxygen atoms in total. The van der Waals surface area contributed by atoms with E-state index in [9.17, 15) is 4.79 Å². The van der Waals surface area contributed by atoms with Crippen molar-refractivity contribution in [1.82, 2.24) is 0 Å². The zero-order valence-corrected chi connectivity index (χ0v) is 5.67. The molecule has 0 aromatic carbocycles. The smallest absolute Gasteiger partial charge is 0.450 e. The van der Waals surface area contributed by atoms with Gasteiger partial charge in [0.1, 0.15) is 5.60 Å². The number of carboxylic acid groups (broad SMARTS) is 1. The minimum Gasteiger partial charge on any atom is -0.450 e. The summed E-state index contributed by atoms with van der Waals surface area (Å²) in [6.07, 6.45) is 3.11. The molecule has 2 rings (SSSR count). The quantitative estimate of drug-likeness (QED) is 0.596. The molecule has 0 amide bonds. The van der Waals surface area contributed by atoms with Gasteiger partial charge in [-0.05, 0) is 31.6 Å². The SMILES string of the molecule is O=C(O)OC1(C2CC2)CC1. The first-order valence-corrected chi connectivity index (χ1v) is 3.65. The molecule has 0 heterocycles. The maximum Gasteiger partial charge on any atom is 0.506 e. The summed E-state index contributed by atoms with van der Waals surface area (Å²) in [5, 5.41) is 8.34. The van der Waals surface area contributed by atoms with Gasteiger partial charge in [-0.3, -0.25) is 0 Å². The highest BCUT2D eigenvalue weighted by Gasteiger charge is 2.57. The van der Waals surface area contributed by atoms with Gasteiger partial charge in [0.05, 0.1) is 0 Å². The molecule has 0 atom stereocenters. The number of ether oxygens (including phenoxy) is 1. The minimum atomic E-state index is -1.11. The van der Waals surface area contributed by atoms with Crippen LogP contribution >= 0.6 is 0 Å². The average molecular weight is 142 g/mol. The maximum absolute atomic E-state index is 10.2. The Morgan fingerprint density at radius 3 is 2.40 bits per heavy atom. The highest BCUT2D eigenvalue weighted by atomic mass is 16.7. The highest BCUT2D eigenvalue weighted by Crippen LogP contribution is 2.56. The zero-order chi connectivity index (χ0) is 7.19. The van der Waals surface area contributed by atoms with Crippen molar-refractivity contribution in [2.75, 3.05) is 0 Å². The molecular weight excluding hydrogens is 132 g/mol. The monoisotopic (exact) mass is 142 g/mol. The van der Waals surface area contributed by atoms with Gasteiger partial charge in [0.15, 0.2) is 0 Å². The van der Waals surface area contributed by atoms with Crippen LogP contribution in [0.25, 0.3) is 0 Å². The first kappa shape index (κ1) is 6.01. The van der Waals surface area contributed by atoms with Gasteiger partial charge >= 0.3 is 6.16 Å². The molecular formula is C7H10O3. The van der Waals surface area contributed by atoms with Crippen molar-refractivity contribution < 1.29 is 14.6 Å². The summed E-state index contributed by atoms with van der Waals surface area (Å²) in [5.41, 5.74) is -0.216. The molecule has 0 aromatic rings. The lowest BCUT2D eigenvalue weighted by Crippen LogP contribution is -2.20. The summed E-state index contributed by atoms with van der Waals surface area (Å²) in [5.74, 6) is 0.559. The van der Waals surface area contributed by atoms with Gasteiger partial charge in [0, 0.05) is 0 Å². The van der Waals surface area contributed by atoms with Crippen LogP contribution in [0, 0.1) is 5.92 Å². The molecule has 0 saturated heterocycles. The van der Waals surface area contributed by atoms with Gasteiger partial charge in [-0.2, -0.15) is 0 Å². The fraction of sp³-hybridized carbons (Fsp3) is 0.857. The van der Waals surface area contributed by atoms with Crippen molar-refractivity contribution in [2.45, 2.75) is 31.3 Å². The van der Waals surface area contributed by atoms with Gasteiger partial charge in [-0.15, -0.1) is 0 Å². The lowest BCUT2D eigenvalue weighted by atomic mass is 10.2. The number of hydrogen-bond donors (Lipinski definition) is 1. The highest BCUT2D eigenvalue weighted by molar-refractivity contribution is 5.58. The molecule has 2 aliphatic carbocycles. The first-order chi connectivity index (χ1) is 4.73. The van der Waals surface area contributed by atoms with E-state index >= 15 is 0 Å². The van der Waals surface area contributed by atoms with E-state index in [1.807, 2.05) is 0 Å². The van der Waals surface area contributed by atoms with E-state index in [4.69, 9.17) is 9.84 Å². The van der Waals surface area contributed by atoms with Gasteiger partial charge in [-0.25, -0.2) is 4.79 Å². The van der Waals surface area contributed by atoms with Crippen molar-refractivity contribution in [3.05, 3.63) is 0 Å². The molecule has 56 valence electrons. The normalized spacial score (nSPS) is 27.6. The second-order valence-electron chi connectivity index (χ2n) is 3.21. The fourth-order valence-corrected chi connectivity index (χ4v) is 1.50. The van der Waals surface area contributed by atoms with Crippen molar-refractivity contribution in [2.24, 2.45) is 5.92 Å². The van der Waals surface area contributed by atoms with Crippen LogP contribution in [-0.4, -0.2) is 16.9 Å². The summed E-state index contributed by atoms with van der Waals surface area (Å²) >= 11 is 0. The zero-order valence-electron chi connectivity index (χ0n) is 5.67. The third kappa shape index (κ3) is 0.856. The molecule has 0 unspecified atom stereocenters. The Morgan fingerprint density at radius 1 is 1.50 bits per heavy atom. The van der Waals surface area contributed by atoms with Crippen LogP contribution in [0.4, 0.5) is 4.79 Å². The molecule has 0 aromatic heterocycles. The molecule has 0 radical (unpaired) electrons. The van der Waals surface area contributed by atoms with Gasteiger partial charge < -0.3 is 9.84 Å². The standard InChI is InChI=1S/C7H10O3/c8-6(9)10-7(3-4-7)5-1-2-5/h5H,1-4H2,(H,8,9). The summed E-state index contributed by atoms with van der Waals surface area (Å²) < 4.78 is 4.79. The maximum atomic E-state index is 10.2. The van der Waals surface area contributed by atoms with E-state index in [1.54, 1.807) is 0 Å². The van der Waals surface area contributed by atoms with E-state index in [-0.39, 0.29) is 5.60 Å². The lowest BCUT2D eigenvalue weighted by molar-refractivity contribution is 0.0285. The molecule has 2 aliphatic rings. The molecule has 0 bridgehead atoms. The molecule has 10 heavy (non-hydrogen) atoms. The molecule has 0 aliphatic heterocycles. The van der Waals surface area contributed by atoms with Gasteiger partial charge in [0.25, 0.3) is 0 Å². The third-order valence-corrected chi connectivity index (χ3v) is 2.35. The van der Waals surface area contributed by atoms with Crippen LogP contribution in [0.3, 0.4) is 0 Å². The van der Waals surface area contributed by atoms with Crippen LogP contribution < -0.4 is 0 Å². The fourth-order valence-electron chi connectivity index (χ4n) is 1.50. The predicted molar refractivity (Wildman–Crippen MR) is 33.8 cm³/mol. The van der Waals surface area contributed by atoms with E-state index in [1.165, 1.54) is 0 Å². The van der Waals surface area contributed by atoms with Crippen LogP contribution in [0.5, 0.6) is 0 Å². The third-order valence-electron chi connectivity index (χ3n) is 2.35. The van der Waals surface area contributed by atoms with E-state index in [0.29, 0.717) is 5.92 Å². The Labute approximate surface area is 59.0 Å². The Kier molecular flexibility index (Phi) is 0.993. The molecule has 1 N–H and O–H groups in total. The Morgan fingerprint density at radius 2 is 2.10 bits per heavy atom. The molecule has 3 heteroatoms. The first-order valence-electron chi connectivity index (χ1n) is 3.65. The number of rotatable bonds is 2. The lowest BCUT2D eigenvalue weighted by Gasteiger charge is -2.11. The van der Waals surface area contributed by atoms with Gasteiger partial charge in [0.2, 0.25) is 0 Å². The molecule has 2 fully saturated rings. The summed E-state index contributed by atoms with van der Waals surface area (Å²) in [6.45, 7) is 0. The van der Waals surface area contributed by atoms with Crippen LogP contribution in [0.2, 0.25) is 0 Å². The molecule has 0 spiro atoms. The van der Waals surface area contributed by atoms with Crippen LogP contribution in [0.1, 0.15) is 25.7 Å². The topological polar surface area (TPSA) is 46.5 Å².